The van der Waals surface area contributed by atoms with Crippen LogP contribution in [0.25, 0.3) is 27.9 Å². The number of imidazole rings is 1. The van der Waals surface area contributed by atoms with Crippen molar-refractivity contribution in [1.29, 1.82) is 0 Å². The summed E-state index contributed by atoms with van der Waals surface area (Å²) in [6.45, 7) is 0. The highest BCUT2D eigenvalue weighted by Gasteiger charge is 2.35. The van der Waals surface area contributed by atoms with Crippen molar-refractivity contribution < 1.29 is 18.4 Å². The third-order valence-electron chi connectivity index (χ3n) is 4.79. The van der Waals surface area contributed by atoms with E-state index < -0.39 is 23.2 Å². The van der Waals surface area contributed by atoms with E-state index in [4.69, 9.17) is 0 Å². The zero-order chi connectivity index (χ0) is 20.3. The van der Waals surface area contributed by atoms with Gasteiger partial charge in [-0.15, -0.1) is 0 Å². The summed E-state index contributed by atoms with van der Waals surface area (Å²) in [6, 6.07) is 11.2. The molecule has 5 rings (SSSR count). The number of hydrogen-bond donors (Lipinski definition) is 0. The number of aryl methyl sites for hydroxylation is 1. The van der Waals surface area contributed by atoms with Gasteiger partial charge in [0.2, 0.25) is 0 Å². The molecule has 0 saturated heterocycles. The number of fused-ring (bicyclic) bond motifs is 2. The van der Waals surface area contributed by atoms with Crippen molar-refractivity contribution in [2.45, 2.75) is 0 Å². The van der Waals surface area contributed by atoms with E-state index >= 15 is 0 Å². The van der Waals surface area contributed by atoms with Gasteiger partial charge < -0.3 is 4.57 Å². The number of halogens is 2. The first kappa shape index (κ1) is 17.6. The number of hydrogen-bond acceptors (Lipinski definition) is 5. The molecule has 1 aliphatic carbocycles. The van der Waals surface area contributed by atoms with Crippen LogP contribution in [0.3, 0.4) is 0 Å². The number of aromatic nitrogens is 3. The fourth-order valence-electron chi connectivity index (χ4n) is 3.36. The van der Waals surface area contributed by atoms with Gasteiger partial charge in [-0.05, 0) is 18.2 Å². The lowest BCUT2D eigenvalue weighted by Crippen LogP contribution is -2.00. The predicted octanol–water partition coefficient (Wildman–Crippen LogP) is 4.44. The van der Waals surface area contributed by atoms with E-state index in [1.54, 1.807) is 0 Å². The minimum absolute atomic E-state index is 0.134. The maximum Gasteiger partial charge on any atom is 0.197 e. The summed E-state index contributed by atoms with van der Waals surface area (Å²) < 4.78 is 28.8. The first-order valence-corrected chi connectivity index (χ1v) is 9.44. The third-order valence-corrected chi connectivity index (χ3v) is 5.68. The molecular weight excluding hydrogens is 396 g/mol. The summed E-state index contributed by atoms with van der Waals surface area (Å²) >= 11 is 1.23. The second kappa shape index (κ2) is 6.25. The van der Waals surface area contributed by atoms with Crippen molar-refractivity contribution >= 4 is 39.5 Å². The van der Waals surface area contributed by atoms with Crippen LogP contribution in [0.1, 0.15) is 25.7 Å². The highest BCUT2D eigenvalue weighted by Crippen LogP contribution is 2.32. The molecule has 0 fully saturated rings. The number of carbonyl (C=O) groups excluding carboxylic acids is 2. The van der Waals surface area contributed by atoms with Gasteiger partial charge in [0.15, 0.2) is 33.7 Å². The molecule has 0 radical (unpaired) electrons. The monoisotopic (exact) mass is 407 g/mol. The molecule has 142 valence electrons. The van der Waals surface area contributed by atoms with Crippen molar-refractivity contribution in [3.05, 3.63) is 75.8 Å². The van der Waals surface area contributed by atoms with Crippen molar-refractivity contribution in [3.63, 3.8) is 0 Å². The number of carbonyl (C=O) groups is 2. The normalized spacial score (nSPS) is 13.4. The van der Waals surface area contributed by atoms with Crippen LogP contribution in [0.5, 0.6) is 0 Å². The fourth-order valence-corrected chi connectivity index (χ4v) is 4.27. The molecule has 5 nitrogen and oxygen atoms in total. The van der Waals surface area contributed by atoms with Crippen molar-refractivity contribution in [2.75, 3.05) is 0 Å². The van der Waals surface area contributed by atoms with Crippen LogP contribution in [0.2, 0.25) is 0 Å². The Morgan fingerprint density at radius 3 is 2.17 bits per heavy atom. The van der Waals surface area contributed by atoms with Gasteiger partial charge >= 0.3 is 0 Å². The standard InChI is InChI=1S/C21H11F2N3O2S/c1-26-19(10-5-3-2-4-6-10)25-21-20(26)24-16(29-21)9-13-17(27)11-7-14(22)15(23)8-12(11)18(13)28/h2-9H,1H3. The fraction of sp³-hybridized carbons (Fsp3) is 0.0476. The summed E-state index contributed by atoms with van der Waals surface area (Å²) in [4.78, 5) is 34.8. The second-order valence-electron chi connectivity index (χ2n) is 6.57. The smallest absolute Gasteiger partial charge is 0.197 e. The molecule has 0 spiro atoms. The van der Waals surface area contributed by atoms with E-state index in [2.05, 4.69) is 9.97 Å². The molecule has 0 N–H and O–H groups in total. The Balaban J connectivity index is 1.56. The Bertz CT molecular complexity index is 1330. The van der Waals surface area contributed by atoms with Crippen LogP contribution in [0.4, 0.5) is 8.78 Å². The highest BCUT2D eigenvalue weighted by molar-refractivity contribution is 7.19. The molecule has 4 aromatic rings. The third kappa shape index (κ3) is 2.64. The second-order valence-corrected chi connectivity index (χ2v) is 7.58. The first-order valence-electron chi connectivity index (χ1n) is 8.63. The lowest BCUT2D eigenvalue weighted by Gasteiger charge is -2.00. The number of allylic oxidation sites excluding steroid dienone is 1. The molecule has 8 heteroatoms. The lowest BCUT2D eigenvalue weighted by molar-refractivity contribution is 0.0990. The van der Waals surface area contributed by atoms with E-state index in [0.29, 0.717) is 15.5 Å². The number of ketones is 2. The summed E-state index contributed by atoms with van der Waals surface area (Å²) in [7, 11) is 1.83. The Morgan fingerprint density at radius 2 is 1.59 bits per heavy atom. The SMILES string of the molecule is Cn1c(-c2ccccc2)nc2sc(C=C3C(=O)c4cc(F)c(F)cc4C3=O)nc21. The van der Waals surface area contributed by atoms with Gasteiger partial charge in [0.05, 0.1) is 5.57 Å². The Hall–Kier alpha value is -3.52. The number of Topliss-reactive ketones (excluding diaryl/α,β-unsaturated/α-hetero) is 2. The van der Waals surface area contributed by atoms with E-state index in [1.807, 2.05) is 41.9 Å². The topological polar surface area (TPSA) is 64.8 Å². The molecule has 0 saturated carbocycles. The zero-order valence-corrected chi connectivity index (χ0v) is 15.8. The number of nitrogens with zero attached hydrogens (tertiary/aromatic N) is 3. The highest BCUT2D eigenvalue weighted by atomic mass is 32.1. The number of benzene rings is 2. The van der Waals surface area contributed by atoms with Gasteiger partial charge in [-0.25, -0.2) is 18.7 Å². The Morgan fingerprint density at radius 1 is 0.966 bits per heavy atom. The summed E-state index contributed by atoms with van der Waals surface area (Å²) in [5.74, 6) is -2.85. The van der Waals surface area contributed by atoms with E-state index in [0.717, 1.165) is 23.5 Å². The van der Waals surface area contributed by atoms with Crippen molar-refractivity contribution in [2.24, 2.45) is 7.05 Å². The first-order chi connectivity index (χ1) is 13.9. The van der Waals surface area contributed by atoms with Gasteiger partial charge in [-0.1, -0.05) is 41.7 Å². The average Bonchev–Trinajstić information content (AvgIpc) is 3.32. The zero-order valence-electron chi connectivity index (χ0n) is 14.9. The molecule has 0 aliphatic heterocycles. The van der Waals surface area contributed by atoms with Crippen molar-refractivity contribution in [1.82, 2.24) is 14.5 Å². The van der Waals surface area contributed by atoms with Crippen LogP contribution >= 0.6 is 11.3 Å². The van der Waals surface area contributed by atoms with Gasteiger partial charge in [0, 0.05) is 23.7 Å². The summed E-state index contributed by atoms with van der Waals surface area (Å²) in [5, 5.41) is 0.420. The molecule has 0 atom stereocenters. The molecule has 2 heterocycles. The maximum atomic E-state index is 13.5. The summed E-state index contributed by atoms with van der Waals surface area (Å²) in [5.41, 5.74) is 1.14. The molecule has 1 aliphatic rings. The minimum atomic E-state index is -1.16. The quantitative estimate of drug-likeness (QED) is 0.364. The van der Waals surface area contributed by atoms with Crippen molar-refractivity contribution in [3.8, 4) is 11.4 Å². The van der Waals surface area contributed by atoms with Crippen LogP contribution < -0.4 is 0 Å². The van der Waals surface area contributed by atoms with Gasteiger partial charge in [-0.2, -0.15) is 0 Å². The largest absolute Gasteiger partial charge is 0.311 e. The van der Waals surface area contributed by atoms with E-state index in [1.165, 1.54) is 17.4 Å². The van der Waals surface area contributed by atoms with Gasteiger partial charge in [-0.3, -0.25) is 9.59 Å². The van der Waals surface area contributed by atoms with Crippen LogP contribution in [0, 0.1) is 11.6 Å². The lowest BCUT2D eigenvalue weighted by atomic mass is 10.1. The van der Waals surface area contributed by atoms with Crippen LogP contribution in [-0.4, -0.2) is 26.1 Å². The minimum Gasteiger partial charge on any atom is -0.311 e. The summed E-state index contributed by atoms with van der Waals surface area (Å²) in [6.07, 6.45) is 1.36. The van der Waals surface area contributed by atoms with Crippen LogP contribution in [0.15, 0.2) is 48.0 Å². The van der Waals surface area contributed by atoms with Crippen LogP contribution in [-0.2, 0) is 7.05 Å². The van der Waals surface area contributed by atoms with E-state index in [9.17, 15) is 18.4 Å². The van der Waals surface area contributed by atoms with E-state index in [-0.39, 0.29) is 16.7 Å². The molecule has 29 heavy (non-hydrogen) atoms. The Kier molecular flexibility index (Phi) is 3.78. The molecular formula is C21H11F2N3O2S. The number of rotatable bonds is 2. The molecule has 2 aromatic carbocycles. The number of thiazole rings is 1. The predicted molar refractivity (Wildman–Crippen MR) is 105 cm³/mol. The average molecular weight is 407 g/mol. The Labute approximate surface area is 167 Å². The molecule has 0 amide bonds. The maximum absolute atomic E-state index is 13.5. The van der Waals surface area contributed by atoms with Gasteiger partial charge in [0.25, 0.3) is 0 Å². The van der Waals surface area contributed by atoms with Gasteiger partial charge in [0.1, 0.15) is 10.8 Å². The molecule has 2 aromatic heterocycles. The molecule has 0 bridgehead atoms. The molecule has 0 unspecified atom stereocenters.